The quantitative estimate of drug-likeness (QED) is 0.674. The number of hydrogen-bond donors (Lipinski definition) is 3. The van der Waals surface area contributed by atoms with Gasteiger partial charge in [-0.05, 0) is 38.8 Å². The molecule has 1 aliphatic heterocycles. The summed E-state index contributed by atoms with van der Waals surface area (Å²) in [6.45, 7) is 2.34. The Labute approximate surface area is 117 Å². The van der Waals surface area contributed by atoms with Gasteiger partial charge in [-0.25, -0.2) is 0 Å². The van der Waals surface area contributed by atoms with Gasteiger partial charge in [0.2, 0.25) is 5.91 Å². The molecule has 0 radical (unpaired) electrons. The monoisotopic (exact) mass is 286 g/mol. The van der Waals surface area contributed by atoms with Crippen molar-refractivity contribution in [2.75, 3.05) is 25.4 Å². The Morgan fingerprint density at radius 2 is 2.00 bits per heavy atom. The third-order valence-electron chi connectivity index (χ3n) is 4.12. The van der Waals surface area contributed by atoms with Crippen LogP contribution in [0.2, 0.25) is 0 Å². The van der Waals surface area contributed by atoms with E-state index < -0.39 is 11.4 Å². The lowest BCUT2D eigenvalue weighted by Gasteiger charge is -2.37. The predicted molar refractivity (Wildman–Crippen MR) is 75.3 cm³/mol. The van der Waals surface area contributed by atoms with Gasteiger partial charge in [-0.3, -0.25) is 9.59 Å². The Kier molecular flexibility index (Phi) is 5.10. The minimum Gasteiger partial charge on any atom is -0.481 e. The van der Waals surface area contributed by atoms with Crippen LogP contribution in [0, 0.1) is 5.41 Å². The molecule has 1 heterocycles. The minimum absolute atomic E-state index is 0.0314. The van der Waals surface area contributed by atoms with Gasteiger partial charge < -0.3 is 15.7 Å². The molecule has 1 aliphatic carbocycles. The number of piperidine rings is 1. The first kappa shape index (κ1) is 14.7. The summed E-state index contributed by atoms with van der Waals surface area (Å²) in [5.41, 5.74) is -0.685. The topological polar surface area (TPSA) is 78.4 Å². The second kappa shape index (κ2) is 6.61. The van der Waals surface area contributed by atoms with Crippen molar-refractivity contribution in [1.29, 1.82) is 0 Å². The van der Waals surface area contributed by atoms with E-state index in [1.807, 2.05) is 0 Å². The van der Waals surface area contributed by atoms with E-state index in [4.69, 9.17) is 5.11 Å². The lowest BCUT2D eigenvalue weighted by molar-refractivity contribution is -0.154. The Morgan fingerprint density at radius 1 is 1.32 bits per heavy atom. The summed E-state index contributed by atoms with van der Waals surface area (Å²) < 4.78 is 0. The number of nitrogens with one attached hydrogen (secondary N) is 2. The number of carbonyl (C=O) groups excluding carboxylic acids is 1. The Morgan fingerprint density at radius 3 is 2.53 bits per heavy atom. The third-order valence-corrected chi connectivity index (χ3v) is 5.50. The van der Waals surface area contributed by atoms with Gasteiger partial charge in [0.25, 0.3) is 0 Å². The molecule has 0 aromatic heterocycles. The average molecular weight is 286 g/mol. The van der Waals surface area contributed by atoms with E-state index in [0.29, 0.717) is 23.8 Å². The second-order valence-corrected chi connectivity index (χ2v) is 6.76. The van der Waals surface area contributed by atoms with Crippen molar-refractivity contribution in [2.45, 2.75) is 37.4 Å². The largest absolute Gasteiger partial charge is 0.481 e. The molecule has 0 aromatic carbocycles. The zero-order valence-electron chi connectivity index (χ0n) is 11.1. The number of carboxylic acid groups (broad SMARTS) is 1. The van der Waals surface area contributed by atoms with Crippen molar-refractivity contribution >= 4 is 23.6 Å². The number of aliphatic carboxylic acids is 1. The van der Waals surface area contributed by atoms with Gasteiger partial charge in [0, 0.05) is 11.8 Å². The summed E-state index contributed by atoms with van der Waals surface area (Å²) in [6.07, 6.45) is 4.54. The third kappa shape index (κ3) is 3.86. The molecular formula is C13H22N2O3S. The lowest BCUT2D eigenvalue weighted by atomic mass is 9.69. The minimum atomic E-state index is -0.773. The van der Waals surface area contributed by atoms with Crippen LogP contribution in [0.3, 0.4) is 0 Å². The molecule has 0 atom stereocenters. The molecule has 0 bridgehead atoms. The molecule has 6 heteroatoms. The molecule has 0 spiro atoms. The number of carbonyl (C=O) groups is 2. The van der Waals surface area contributed by atoms with Crippen LogP contribution in [0.1, 0.15) is 32.1 Å². The van der Waals surface area contributed by atoms with Crippen molar-refractivity contribution in [3.8, 4) is 0 Å². The van der Waals surface area contributed by atoms with Gasteiger partial charge in [-0.1, -0.05) is 6.42 Å². The zero-order valence-corrected chi connectivity index (χ0v) is 11.9. The Bertz CT molecular complexity index is 339. The fraction of sp³-hybridized carbons (Fsp3) is 0.846. The SMILES string of the molecule is O=C(CSC1CCNCC1)NCC1(C(=O)O)CCC1. The van der Waals surface area contributed by atoms with Crippen molar-refractivity contribution < 1.29 is 14.7 Å². The summed E-state index contributed by atoms with van der Waals surface area (Å²) in [6, 6.07) is 0. The Hall–Kier alpha value is -0.750. The first-order valence-corrected chi connectivity index (χ1v) is 8.00. The van der Waals surface area contributed by atoms with E-state index in [2.05, 4.69) is 10.6 Å². The summed E-state index contributed by atoms with van der Waals surface area (Å²) in [4.78, 5) is 22.9. The van der Waals surface area contributed by atoms with Gasteiger partial charge in [0.05, 0.1) is 11.2 Å². The summed E-state index contributed by atoms with van der Waals surface area (Å²) >= 11 is 1.69. The van der Waals surface area contributed by atoms with Crippen LogP contribution in [-0.2, 0) is 9.59 Å². The van der Waals surface area contributed by atoms with Crippen LogP contribution in [0.5, 0.6) is 0 Å². The standard InChI is InChI=1S/C13H22N2O3S/c16-11(8-19-10-2-6-14-7-3-10)15-9-13(12(17)18)4-1-5-13/h10,14H,1-9H2,(H,15,16)(H,17,18). The van der Waals surface area contributed by atoms with Crippen LogP contribution in [0.25, 0.3) is 0 Å². The Balaban J connectivity index is 1.65. The number of amides is 1. The molecule has 1 amide bonds. The number of rotatable bonds is 6. The molecule has 5 nitrogen and oxygen atoms in total. The second-order valence-electron chi connectivity index (χ2n) is 5.48. The maximum Gasteiger partial charge on any atom is 0.311 e. The van der Waals surface area contributed by atoms with Crippen LogP contribution in [-0.4, -0.2) is 47.6 Å². The molecule has 108 valence electrons. The van der Waals surface area contributed by atoms with E-state index in [1.54, 1.807) is 11.8 Å². The van der Waals surface area contributed by atoms with Gasteiger partial charge in [-0.2, -0.15) is 0 Å². The van der Waals surface area contributed by atoms with Gasteiger partial charge in [-0.15, -0.1) is 11.8 Å². The van der Waals surface area contributed by atoms with Crippen LogP contribution in [0.4, 0.5) is 0 Å². The van der Waals surface area contributed by atoms with Crippen LogP contribution in [0.15, 0.2) is 0 Å². The maximum atomic E-state index is 11.8. The molecule has 2 fully saturated rings. The maximum absolute atomic E-state index is 11.8. The predicted octanol–water partition coefficient (Wildman–Crippen LogP) is 0.843. The highest BCUT2D eigenvalue weighted by atomic mass is 32.2. The first-order valence-electron chi connectivity index (χ1n) is 6.95. The van der Waals surface area contributed by atoms with E-state index in [0.717, 1.165) is 32.4 Å². The molecule has 0 unspecified atom stereocenters. The highest BCUT2D eigenvalue weighted by molar-refractivity contribution is 8.00. The van der Waals surface area contributed by atoms with E-state index >= 15 is 0 Å². The van der Waals surface area contributed by atoms with Crippen molar-refractivity contribution in [2.24, 2.45) is 5.41 Å². The molecule has 2 rings (SSSR count). The molecule has 0 aromatic rings. The molecular weight excluding hydrogens is 264 g/mol. The number of thioether (sulfide) groups is 1. The highest BCUT2D eigenvalue weighted by Crippen LogP contribution is 2.40. The molecule has 3 N–H and O–H groups in total. The highest BCUT2D eigenvalue weighted by Gasteiger charge is 2.44. The first-order chi connectivity index (χ1) is 9.12. The van der Waals surface area contributed by atoms with Gasteiger partial charge in [0.1, 0.15) is 0 Å². The van der Waals surface area contributed by atoms with Crippen molar-refractivity contribution in [1.82, 2.24) is 10.6 Å². The number of carboxylic acids is 1. The van der Waals surface area contributed by atoms with E-state index in [-0.39, 0.29) is 12.5 Å². The van der Waals surface area contributed by atoms with Crippen molar-refractivity contribution in [3.63, 3.8) is 0 Å². The fourth-order valence-corrected chi connectivity index (χ4v) is 3.60. The molecule has 1 saturated carbocycles. The molecule has 2 aliphatic rings. The zero-order chi connectivity index (χ0) is 13.7. The van der Waals surface area contributed by atoms with Crippen LogP contribution < -0.4 is 10.6 Å². The number of hydrogen-bond acceptors (Lipinski definition) is 4. The van der Waals surface area contributed by atoms with E-state index in [9.17, 15) is 9.59 Å². The summed E-state index contributed by atoms with van der Waals surface area (Å²) in [5, 5.41) is 15.8. The normalized spacial score (nSPS) is 22.5. The van der Waals surface area contributed by atoms with Gasteiger partial charge in [0.15, 0.2) is 0 Å². The molecule has 19 heavy (non-hydrogen) atoms. The average Bonchev–Trinajstić information content (AvgIpc) is 2.36. The van der Waals surface area contributed by atoms with Gasteiger partial charge >= 0.3 is 5.97 Å². The summed E-state index contributed by atoms with van der Waals surface area (Å²) in [5.74, 6) is -0.360. The van der Waals surface area contributed by atoms with E-state index in [1.165, 1.54) is 0 Å². The van der Waals surface area contributed by atoms with Crippen LogP contribution >= 0.6 is 11.8 Å². The lowest BCUT2D eigenvalue weighted by Crippen LogP contribution is -2.48. The summed E-state index contributed by atoms with van der Waals surface area (Å²) in [7, 11) is 0. The fourth-order valence-electron chi connectivity index (χ4n) is 2.54. The smallest absolute Gasteiger partial charge is 0.311 e. The molecule has 1 saturated heterocycles. The van der Waals surface area contributed by atoms with Crippen molar-refractivity contribution in [3.05, 3.63) is 0 Å².